The Bertz CT molecular complexity index is 1120. The van der Waals surface area contributed by atoms with Gasteiger partial charge in [-0.05, 0) is 0 Å². The Balaban J connectivity index is 0.00000272. The van der Waals surface area contributed by atoms with Gasteiger partial charge in [0.05, 0.1) is 12.9 Å². The fourth-order valence-corrected chi connectivity index (χ4v) is 5.55. The zero-order valence-electron chi connectivity index (χ0n) is 16.8. The van der Waals surface area contributed by atoms with Crippen molar-refractivity contribution in [2.24, 2.45) is 0 Å². The average molecular weight is 551 g/mol. The van der Waals surface area contributed by atoms with Crippen molar-refractivity contribution in [1.29, 1.82) is 0 Å². The van der Waals surface area contributed by atoms with Crippen LogP contribution in [0, 0.1) is 0 Å². The van der Waals surface area contributed by atoms with E-state index >= 15 is 0 Å². The van der Waals surface area contributed by atoms with Crippen molar-refractivity contribution in [3.8, 4) is 0 Å². The molecule has 7 atom stereocenters. The maximum Gasteiger partial charge on any atom is 1.00 e. The van der Waals surface area contributed by atoms with E-state index in [-0.39, 0.29) is 76.1 Å². The number of aliphatic hydroxyl groups is 2. The topological polar surface area (TPSA) is 285 Å². The van der Waals surface area contributed by atoms with Crippen molar-refractivity contribution in [2.45, 2.75) is 24.5 Å². The fourth-order valence-electron chi connectivity index (χ4n) is 2.61. The number of imidazole rings is 1. The molecule has 1 aliphatic rings. The van der Waals surface area contributed by atoms with Crippen LogP contribution in [0.3, 0.4) is 0 Å². The molecule has 1 aliphatic heterocycles. The van der Waals surface area contributed by atoms with E-state index in [0.717, 1.165) is 6.33 Å². The summed E-state index contributed by atoms with van der Waals surface area (Å²) in [5.74, 6) is 0.0322. The molecule has 6 N–H and O–H groups in total. The molecule has 0 aromatic carbocycles. The molecule has 1 saturated heterocycles. The quantitative estimate of drug-likeness (QED) is 0.150. The van der Waals surface area contributed by atoms with Gasteiger partial charge in [-0.3, -0.25) is 18.2 Å². The average Bonchev–Trinajstić information content (AvgIpc) is 3.13. The summed E-state index contributed by atoms with van der Waals surface area (Å²) in [5, 5.41) is 20.4. The molecule has 5 unspecified atom stereocenters. The van der Waals surface area contributed by atoms with Gasteiger partial charge in [-0.1, -0.05) is 0 Å². The zero-order valence-corrected chi connectivity index (χ0v) is 23.5. The standard InChI is InChI=1S/C10H16N5O13P3.2Na/c11-8-5-9(13-2-12-8)15(3-14-5)10-7(17)6(16)4(26-10)1-25-30(21,22)28-31(23,24)27-29(18,19)20;;/h2-4,6-7,10,16-17H,1H2,(H,21,22)(H,23,24)(H2,11,12,13)(H2,18,19,20);;/q;2*+1/p-2/t4?,6?,7-,10-;;/m0../s1. The Labute approximate surface area is 228 Å². The molecule has 0 bridgehead atoms. The Morgan fingerprint density at radius 2 is 1.73 bits per heavy atom. The summed E-state index contributed by atoms with van der Waals surface area (Å²) in [6.07, 6.45) is -3.81. The molecule has 0 amide bonds. The molecule has 3 heterocycles. The van der Waals surface area contributed by atoms with Crippen LogP contribution in [0.5, 0.6) is 0 Å². The zero-order chi connectivity index (χ0) is 23.2. The van der Waals surface area contributed by atoms with Crippen LogP contribution in [-0.4, -0.2) is 64.4 Å². The molecule has 18 nitrogen and oxygen atoms in total. The number of nitrogen functional groups attached to an aromatic ring is 1. The summed E-state index contributed by atoms with van der Waals surface area (Å²) in [7, 11) is -17.4. The molecule has 1 fully saturated rings. The predicted molar refractivity (Wildman–Crippen MR) is 91.0 cm³/mol. The number of fused-ring (bicyclic) bond motifs is 1. The molecule has 23 heteroatoms. The maximum absolute atomic E-state index is 11.7. The number of aromatic nitrogens is 4. The van der Waals surface area contributed by atoms with E-state index < -0.39 is 54.6 Å². The minimum Gasteiger partial charge on any atom is -0.756 e. The van der Waals surface area contributed by atoms with Crippen molar-refractivity contribution in [2.75, 3.05) is 12.3 Å². The summed E-state index contributed by atoms with van der Waals surface area (Å²) in [6.45, 7) is -1.000. The van der Waals surface area contributed by atoms with Gasteiger partial charge in [0.25, 0.3) is 15.6 Å². The van der Waals surface area contributed by atoms with Crippen molar-refractivity contribution in [3.05, 3.63) is 12.7 Å². The molecule has 0 aliphatic carbocycles. The molecule has 33 heavy (non-hydrogen) atoms. The van der Waals surface area contributed by atoms with Crippen molar-refractivity contribution < 1.29 is 120 Å². The first-order chi connectivity index (χ1) is 14.2. The smallest absolute Gasteiger partial charge is 0.756 e. The number of rotatable bonds is 8. The summed E-state index contributed by atoms with van der Waals surface area (Å²) in [6, 6.07) is 0. The third-order valence-corrected chi connectivity index (χ3v) is 7.53. The van der Waals surface area contributed by atoms with Crippen LogP contribution < -0.4 is 74.6 Å². The van der Waals surface area contributed by atoms with Crippen LogP contribution >= 0.6 is 23.5 Å². The van der Waals surface area contributed by atoms with Crippen LogP contribution in [0.1, 0.15) is 6.23 Å². The number of nitrogens with zero attached hydrogens (tertiary/aromatic N) is 4. The molecule has 3 rings (SSSR count). The minimum atomic E-state index is -6.01. The van der Waals surface area contributed by atoms with Crippen LogP contribution in [0.4, 0.5) is 5.82 Å². The number of ether oxygens (including phenoxy) is 1. The second-order valence-electron chi connectivity index (χ2n) is 5.97. The summed E-state index contributed by atoms with van der Waals surface area (Å²) in [5.41, 5.74) is 5.97. The predicted octanol–water partition coefficient (Wildman–Crippen LogP) is -8.89. The Hall–Kier alpha value is 0.640. The number of hydrogen-bond donors (Lipinski definition) is 5. The molecular weight excluding hydrogens is 537 g/mol. The number of aliphatic hydroxyl groups excluding tert-OH is 2. The SMILES string of the molecule is Nc1ncnc2c1ncn2[C@H]1OC(COP(=O)(O)OP(=O)([O-])OP(=O)([O-])O)C(O)[C@@H]1O.[Na+].[Na+]. The molecule has 0 saturated carbocycles. The monoisotopic (exact) mass is 551 g/mol. The number of anilines is 1. The molecule has 0 spiro atoms. The Morgan fingerprint density at radius 1 is 1.09 bits per heavy atom. The van der Waals surface area contributed by atoms with E-state index in [4.69, 9.17) is 15.4 Å². The van der Waals surface area contributed by atoms with Gasteiger partial charge in [-0.15, -0.1) is 0 Å². The minimum absolute atomic E-state index is 0. The first-order valence-electron chi connectivity index (χ1n) is 7.88. The van der Waals surface area contributed by atoms with Crippen molar-refractivity contribution in [1.82, 2.24) is 19.5 Å². The van der Waals surface area contributed by atoms with Crippen LogP contribution in [0.2, 0.25) is 0 Å². The molecule has 2 aromatic heterocycles. The fraction of sp³-hybridized carbons (Fsp3) is 0.500. The maximum atomic E-state index is 11.7. The van der Waals surface area contributed by atoms with Crippen molar-refractivity contribution >= 4 is 40.4 Å². The van der Waals surface area contributed by atoms with E-state index in [1.807, 2.05) is 0 Å². The van der Waals surface area contributed by atoms with E-state index in [1.54, 1.807) is 0 Å². The van der Waals surface area contributed by atoms with E-state index in [9.17, 15) is 38.6 Å². The van der Waals surface area contributed by atoms with Gasteiger partial charge in [-0.2, -0.15) is 0 Å². The number of nitrogens with two attached hydrogens (primary N) is 1. The normalized spacial score (nSPS) is 28.2. The molecular formula is C10H14N5Na2O13P3. The number of phosphoric acid groups is 3. The largest absolute Gasteiger partial charge is 1.00 e. The van der Waals surface area contributed by atoms with E-state index in [1.165, 1.54) is 10.9 Å². The van der Waals surface area contributed by atoms with Crippen LogP contribution in [0.15, 0.2) is 12.7 Å². The second kappa shape index (κ2) is 11.8. The molecule has 0 radical (unpaired) electrons. The van der Waals surface area contributed by atoms with E-state index in [0.29, 0.717) is 0 Å². The van der Waals surface area contributed by atoms with Gasteiger partial charge in [0.15, 0.2) is 17.7 Å². The Morgan fingerprint density at radius 3 is 2.33 bits per heavy atom. The third kappa shape index (κ3) is 8.06. The van der Waals surface area contributed by atoms with Gasteiger partial charge in [0.2, 0.25) is 0 Å². The van der Waals surface area contributed by atoms with Gasteiger partial charge >= 0.3 is 66.9 Å². The molecule has 174 valence electrons. The van der Waals surface area contributed by atoms with Crippen LogP contribution in [0.25, 0.3) is 11.2 Å². The number of phosphoric ester groups is 1. The van der Waals surface area contributed by atoms with Gasteiger partial charge in [0.1, 0.15) is 30.2 Å². The third-order valence-electron chi connectivity index (χ3n) is 3.81. The first-order valence-corrected chi connectivity index (χ1v) is 12.3. The summed E-state index contributed by atoms with van der Waals surface area (Å²) in [4.78, 5) is 51.0. The second-order valence-corrected chi connectivity index (χ2v) is 10.3. The number of hydrogen-bond acceptors (Lipinski definition) is 15. The van der Waals surface area contributed by atoms with Gasteiger partial charge < -0.3 is 40.3 Å². The van der Waals surface area contributed by atoms with E-state index in [2.05, 4.69) is 28.1 Å². The van der Waals surface area contributed by atoms with Crippen LogP contribution in [-0.2, 0) is 31.6 Å². The van der Waals surface area contributed by atoms with Gasteiger partial charge in [-0.25, -0.2) is 28.1 Å². The summed E-state index contributed by atoms with van der Waals surface area (Å²) >= 11 is 0. The molecule has 2 aromatic rings. The van der Waals surface area contributed by atoms with Gasteiger partial charge in [0, 0.05) is 0 Å². The first kappa shape index (κ1) is 31.7. The summed E-state index contributed by atoms with van der Waals surface area (Å²) < 4.78 is 51.0. The van der Waals surface area contributed by atoms with Crippen molar-refractivity contribution in [3.63, 3.8) is 0 Å². The Kier molecular flexibility index (Phi) is 11.3.